The van der Waals surface area contributed by atoms with E-state index in [4.69, 9.17) is 5.11 Å². The molecule has 0 unspecified atom stereocenters. The van der Waals surface area contributed by atoms with Crippen molar-refractivity contribution in [2.24, 2.45) is 5.41 Å². The molecule has 1 aromatic carbocycles. The quantitative estimate of drug-likeness (QED) is 0.900. The molecule has 0 bridgehead atoms. The summed E-state index contributed by atoms with van der Waals surface area (Å²) in [6, 6.07) is 0.588. The summed E-state index contributed by atoms with van der Waals surface area (Å²) < 4.78 is 26.8. The molecule has 0 heterocycles. The number of aromatic carboxylic acids is 1. The van der Waals surface area contributed by atoms with Crippen molar-refractivity contribution in [3.8, 4) is 0 Å². The van der Waals surface area contributed by atoms with Crippen molar-refractivity contribution < 1.29 is 23.5 Å². The van der Waals surface area contributed by atoms with Crippen molar-refractivity contribution in [3.63, 3.8) is 0 Å². The fourth-order valence-corrected chi connectivity index (χ4v) is 1.80. The molecule has 0 saturated heterocycles. The van der Waals surface area contributed by atoms with Crippen molar-refractivity contribution in [2.75, 3.05) is 18.9 Å². The molecule has 5 nitrogen and oxygen atoms in total. The highest BCUT2D eigenvalue weighted by Crippen LogP contribution is 2.21. The van der Waals surface area contributed by atoms with Crippen LogP contribution < -0.4 is 5.32 Å². The lowest BCUT2D eigenvalue weighted by Gasteiger charge is -2.26. The first-order chi connectivity index (χ1) is 9.51. The van der Waals surface area contributed by atoms with E-state index in [0.29, 0.717) is 12.6 Å². The van der Waals surface area contributed by atoms with Gasteiger partial charge in [0, 0.05) is 19.7 Å². The van der Waals surface area contributed by atoms with Gasteiger partial charge in [0.05, 0.1) is 11.3 Å². The van der Waals surface area contributed by atoms with E-state index in [2.05, 4.69) is 5.32 Å². The number of anilines is 1. The van der Waals surface area contributed by atoms with E-state index in [9.17, 15) is 18.4 Å². The number of carbonyl (C=O) groups is 2. The van der Waals surface area contributed by atoms with Gasteiger partial charge in [0.15, 0.2) is 0 Å². The van der Waals surface area contributed by atoms with Crippen LogP contribution in [0.1, 0.15) is 31.1 Å². The molecule has 0 aromatic heterocycles. The molecule has 0 aliphatic heterocycles. The van der Waals surface area contributed by atoms with E-state index >= 15 is 0 Å². The number of hydrogen-bond donors (Lipinski definition) is 2. The molecule has 116 valence electrons. The molecule has 1 aromatic rings. The first-order valence-corrected chi connectivity index (χ1v) is 6.26. The zero-order chi connectivity index (χ0) is 16.4. The summed E-state index contributed by atoms with van der Waals surface area (Å²) in [6.45, 7) is 6.20. The first-order valence-electron chi connectivity index (χ1n) is 6.26. The number of carboxylic acid groups (broad SMARTS) is 1. The molecule has 0 spiro atoms. The number of halogens is 2. The summed E-state index contributed by atoms with van der Waals surface area (Å²) in [7, 11) is 1.53. The number of amides is 2. The average molecular weight is 300 g/mol. The molecule has 0 atom stereocenters. The van der Waals surface area contributed by atoms with Crippen LogP contribution in [0.3, 0.4) is 0 Å². The molecule has 0 saturated carbocycles. The molecule has 0 fully saturated rings. The molecule has 2 N–H and O–H groups in total. The second kappa shape index (κ2) is 6.07. The minimum atomic E-state index is -1.54. The van der Waals surface area contributed by atoms with E-state index in [0.717, 1.165) is 6.07 Å². The predicted molar refractivity (Wildman–Crippen MR) is 74.4 cm³/mol. The Morgan fingerprint density at radius 3 is 2.29 bits per heavy atom. The van der Waals surface area contributed by atoms with Crippen LogP contribution >= 0.6 is 0 Å². The van der Waals surface area contributed by atoms with Gasteiger partial charge in [0.25, 0.3) is 0 Å². The maximum atomic E-state index is 13.6. The van der Waals surface area contributed by atoms with Crippen LogP contribution in [0.2, 0.25) is 0 Å². The van der Waals surface area contributed by atoms with Gasteiger partial charge in [-0.1, -0.05) is 20.8 Å². The second-order valence-electron chi connectivity index (χ2n) is 5.96. The summed E-state index contributed by atoms with van der Waals surface area (Å²) in [5, 5.41) is 11.0. The Balaban J connectivity index is 2.95. The highest BCUT2D eigenvalue weighted by Gasteiger charge is 2.20. The van der Waals surface area contributed by atoms with Gasteiger partial charge in [-0.25, -0.2) is 18.4 Å². The smallest absolute Gasteiger partial charge is 0.338 e. The topological polar surface area (TPSA) is 69.6 Å². The molecule has 1 rings (SSSR count). The average Bonchev–Trinajstić information content (AvgIpc) is 2.29. The molecule has 2 amide bonds. The third-order valence-electron chi connectivity index (χ3n) is 2.59. The Morgan fingerprint density at radius 1 is 1.24 bits per heavy atom. The lowest BCUT2D eigenvalue weighted by molar-refractivity contribution is 0.0692. The van der Waals surface area contributed by atoms with Gasteiger partial charge in [-0.2, -0.15) is 0 Å². The number of benzene rings is 1. The van der Waals surface area contributed by atoms with Crippen molar-refractivity contribution in [3.05, 3.63) is 29.3 Å². The van der Waals surface area contributed by atoms with Crippen LogP contribution in [0.4, 0.5) is 19.3 Å². The van der Waals surface area contributed by atoms with Gasteiger partial charge >= 0.3 is 12.0 Å². The van der Waals surface area contributed by atoms with Crippen molar-refractivity contribution in [2.45, 2.75) is 20.8 Å². The van der Waals surface area contributed by atoms with Crippen LogP contribution in [0.25, 0.3) is 0 Å². The third-order valence-corrected chi connectivity index (χ3v) is 2.59. The molecule has 21 heavy (non-hydrogen) atoms. The molecular formula is C14H18F2N2O3. The number of hydrogen-bond acceptors (Lipinski definition) is 2. The van der Waals surface area contributed by atoms with Gasteiger partial charge in [-0.05, 0) is 11.5 Å². The third kappa shape index (κ3) is 4.70. The number of nitrogens with one attached hydrogen (secondary N) is 1. The maximum absolute atomic E-state index is 13.6. The monoisotopic (exact) mass is 300 g/mol. The van der Waals surface area contributed by atoms with E-state index in [1.165, 1.54) is 11.9 Å². The number of nitrogens with zero attached hydrogens (tertiary/aromatic N) is 1. The molecular weight excluding hydrogens is 282 g/mol. The summed E-state index contributed by atoms with van der Waals surface area (Å²) >= 11 is 0. The van der Waals surface area contributed by atoms with Gasteiger partial charge < -0.3 is 15.3 Å². The normalized spacial score (nSPS) is 11.1. The number of carboxylic acids is 1. The molecule has 0 aliphatic carbocycles. The fourth-order valence-electron chi connectivity index (χ4n) is 1.80. The maximum Gasteiger partial charge on any atom is 0.338 e. The largest absolute Gasteiger partial charge is 0.478 e. The highest BCUT2D eigenvalue weighted by atomic mass is 19.1. The summed E-state index contributed by atoms with van der Waals surface area (Å²) in [4.78, 5) is 24.1. The molecule has 0 radical (unpaired) electrons. The van der Waals surface area contributed by atoms with E-state index < -0.39 is 29.2 Å². The number of urea groups is 1. The predicted octanol–water partition coefficient (Wildman–Crippen LogP) is 3.17. The highest BCUT2D eigenvalue weighted by molar-refractivity contribution is 5.93. The Morgan fingerprint density at radius 2 is 1.81 bits per heavy atom. The van der Waals surface area contributed by atoms with Gasteiger partial charge in [-0.15, -0.1) is 0 Å². The lowest BCUT2D eigenvalue weighted by atomic mass is 9.96. The van der Waals surface area contributed by atoms with E-state index in [-0.39, 0.29) is 11.1 Å². The van der Waals surface area contributed by atoms with Gasteiger partial charge in [0.1, 0.15) is 11.6 Å². The lowest BCUT2D eigenvalue weighted by Crippen LogP contribution is -2.37. The minimum Gasteiger partial charge on any atom is -0.478 e. The van der Waals surface area contributed by atoms with Gasteiger partial charge in [-0.3, -0.25) is 0 Å². The van der Waals surface area contributed by atoms with Crippen molar-refractivity contribution in [1.29, 1.82) is 0 Å². The minimum absolute atomic E-state index is 0.153. The Kier molecular flexibility index (Phi) is 4.88. The van der Waals surface area contributed by atoms with Crippen molar-refractivity contribution in [1.82, 2.24) is 4.90 Å². The molecule has 7 heteroatoms. The van der Waals surface area contributed by atoms with Crippen molar-refractivity contribution >= 4 is 17.7 Å². The Bertz CT molecular complexity index is 568. The number of carbonyl (C=O) groups excluding carboxylic acids is 1. The van der Waals surface area contributed by atoms with Crippen LogP contribution in [0.15, 0.2) is 12.1 Å². The second-order valence-corrected chi connectivity index (χ2v) is 5.96. The van der Waals surface area contributed by atoms with Crippen LogP contribution in [-0.2, 0) is 0 Å². The summed E-state index contributed by atoms with van der Waals surface area (Å²) in [5.74, 6) is -3.76. The van der Waals surface area contributed by atoms with Crippen LogP contribution in [-0.4, -0.2) is 35.6 Å². The van der Waals surface area contributed by atoms with Gasteiger partial charge in [0.2, 0.25) is 0 Å². The Hall–Kier alpha value is -2.18. The summed E-state index contributed by atoms with van der Waals surface area (Å²) in [5.41, 5.74) is -1.23. The standard InChI is InChI=1S/C14H18F2N2O3/c1-14(2,3)7-18(4)13(21)17-11-5-8(12(19)20)9(15)6-10(11)16/h5-6H,7H2,1-4H3,(H,17,21)(H,19,20). The SMILES string of the molecule is CN(CC(C)(C)C)C(=O)Nc1cc(C(=O)O)c(F)cc1F. The Labute approximate surface area is 121 Å². The van der Waals surface area contributed by atoms with Crippen LogP contribution in [0.5, 0.6) is 0 Å². The zero-order valence-corrected chi connectivity index (χ0v) is 12.3. The van der Waals surface area contributed by atoms with E-state index in [1.807, 2.05) is 20.8 Å². The van der Waals surface area contributed by atoms with E-state index in [1.54, 1.807) is 0 Å². The first kappa shape index (κ1) is 16.9. The number of rotatable bonds is 3. The summed E-state index contributed by atoms with van der Waals surface area (Å²) in [6.07, 6.45) is 0. The fraction of sp³-hybridized carbons (Fsp3) is 0.429. The van der Waals surface area contributed by atoms with Crippen LogP contribution in [0, 0.1) is 17.0 Å². The molecule has 0 aliphatic rings. The zero-order valence-electron chi connectivity index (χ0n) is 12.3.